The topological polar surface area (TPSA) is 66.5 Å². The minimum Gasteiger partial charge on any atom is -0.354 e. The molecule has 2 aromatic rings. The number of benzene rings is 2. The van der Waals surface area contributed by atoms with Crippen molar-refractivity contribution in [3.05, 3.63) is 65.5 Å². The van der Waals surface area contributed by atoms with E-state index in [-0.39, 0.29) is 11.7 Å². The summed E-state index contributed by atoms with van der Waals surface area (Å²) in [5.74, 6) is -0.640. The molecule has 7 heteroatoms. The maximum atomic E-state index is 12.9. The highest BCUT2D eigenvalue weighted by Gasteiger charge is 2.28. The fourth-order valence-electron chi connectivity index (χ4n) is 2.88. The van der Waals surface area contributed by atoms with Crippen LogP contribution < -0.4 is 9.62 Å². The van der Waals surface area contributed by atoms with Crippen molar-refractivity contribution in [1.82, 2.24) is 5.32 Å². The van der Waals surface area contributed by atoms with Crippen molar-refractivity contribution in [3.63, 3.8) is 0 Å². The molecule has 0 heterocycles. The van der Waals surface area contributed by atoms with Crippen LogP contribution in [0.15, 0.2) is 48.5 Å². The number of rotatable bonds is 8. The first-order valence-electron chi connectivity index (χ1n) is 8.76. The Bertz CT molecular complexity index is 882. The molecular formula is C20H25FN2O3S. The number of carbonyl (C=O) groups is 1. The fourth-order valence-corrected chi connectivity index (χ4v) is 4.04. The Morgan fingerprint density at radius 3 is 2.44 bits per heavy atom. The molecule has 0 aliphatic heterocycles. The van der Waals surface area contributed by atoms with Crippen molar-refractivity contribution in [3.8, 4) is 0 Å². The standard InChI is InChI=1S/C20H25FN2O3S/c1-15-6-4-8-19(14-15)23(27(3,25)26)16(2)20(24)22-13-5-7-17-9-11-18(21)12-10-17/h4,6,8-12,14,16H,5,7,13H2,1-3H3,(H,22,24)/t16-/m0/s1. The summed E-state index contributed by atoms with van der Waals surface area (Å²) in [6.07, 6.45) is 2.46. The number of nitrogens with one attached hydrogen (secondary N) is 1. The lowest BCUT2D eigenvalue weighted by atomic mass is 10.1. The number of carbonyl (C=O) groups excluding carboxylic acids is 1. The normalized spacial score (nSPS) is 12.4. The number of hydrogen-bond acceptors (Lipinski definition) is 3. The van der Waals surface area contributed by atoms with Crippen molar-refractivity contribution < 1.29 is 17.6 Å². The monoisotopic (exact) mass is 392 g/mol. The van der Waals surface area contributed by atoms with Crippen LogP contribution in [0.3, 0.4) is 0 Å². The van der Waals surface area contributed by atoms with E-state index < -0.39 is 16.1 Å². The molecule has 0 spiro atoms. The largest absolute Gasteiger partial charge is 0.354 e. The van der Waals surface area contributed by atoms with Gasteiger partial charge in [0.25, 0.3) is 0 Å². The van der Waals surface area contributed by atoms with Crippen LogP contribution in [0.4, 0.5) is 10.1 Å². The lowest BCUT2D eigenvalue weighted by molar-refractivity contribution is -0.121. The van der Waals surface area contributed by atoms with E-state index >= 15 is 0 Å². The summed E-state index contributed by atoms with van der Waals surface area (Å²) in [7, 11) is -3.62. The van der Waals surface area contributed by atoms with E-state index in [1.165, 1.54) is 12.1 Å². The maximum absolute atomic E-state index is 12.9. The highest BCUT2D eigenvalue weighted by atomic mass is 32.2. The van der Waals surface area contributed by atoms with E-state index in [4.69, 9.17) is 0 Å². The first-order valence-corrected chi connectivity index (χ1v) is 10.6. The van der Waals surface area contributed by atoms with Crippen LogP contribution in [0.25, 0.3) is 0 Å². The highest BCUT2D eigenvalue weighted by Crippen LogP contribution is 2.21. The molecule has 1 amide bonds. The molecule has 1 N–H and O–H groups in total. The second-order valence-corrected chi connectivity index (χ2v) is 8.45. The van der Waals surface area contributed by atoms with Gasteiger partial charge >= 0.3 is 0 Å². The van der Waals surface area contributed by atoms with Crippen LogP contribution >= 0.6 is 0 Å². The molecule has 0 aliphatic rings. The predicted octanol–water partition coefficient (Wildman–Crippen LogP) is 3.04. The molecule has 27 heavy (non-hydrogen) atoms. The van der Waals surface area contributed by atoms with E-state index in [2.05, 4.69) is 5.32 Å². The number of nitrogens with zero attached hydrogens (tertiary/aromatic N) is 1. The minimum absolute atomic E-state index is 0.280. The predicted molar refractivity (Wildman–Crippen MR) is 106 cm³/mol. The third kappa shape index (κ3) is 6.06. The molecule has 0 aromatic heterocycles. The summed E-state index contributed by atoms with van der Waals surface area (Å²) < 4.78 is 38.5. The molecule has 5 nitrogen and oxygen atoms in total. The zero-order valence-electron chi connectivity index (χ0n) is 15.8. The van der Waals surface area contributed by atoms with Crippen molar-refractivity contribution in [1.29, 1.82) is 0 Å². The van der Waals surface area contributed by atoms with Gasteiger partial charge in [-0.05, 0) is 62.1 Å². The zero-order chi connectivity index (χ0) is 20.0. The number of anilines is 1. The minimum atomic E-state index is -3.62. The SMILES string of the molecule is Cc1cccc(N([C@@H](C)C(=O)NCCCc2ccc(F)cc2)S(C)(=O)=O)c1. The number of halogens is 1. The van der Waals surface area contributed by atoms with Gasteiger partial charge in [0, 0.05) is 6.54 Å². The van der Waals surface area contributed by atoms with Gasteiger partial charge in [0.2, 0.25) is 15.9 Å². The fraction of sp³-hybridized carbons (Fsp3) is 0.350. The van der Waals surface area contributed by atoms with Gasteiger partial charge in [0.15, 0.2) is 0 Å². The molecule has 0 unspecified atom stereocenters. The molecule has 2 aromatic carbocycles. The zero-order valence-corrected chi connectivity index (χ0v) is 16.6. The van der Waals surface area contributed by atoms with Crippen molar-refractivity contribution in [2.75, 3.05) is 17.1 Å². The molecule has 2 rings (SSSR count). The average Bonchev–Trinajstić information content (AvgIpc) is 2.59. The van der Waals surface area contributed by atoms with Crippen LogP contribution in [0.5, 0.6) is 0 Å². The summed E-state index contributed by atoms with van der Waals surface area (Å²) in [6, 6.07) is 12.4. The van der Waals surface area contributed by atoms with Crippen LogP contribution in [0.1, 0.15) is 24.5 Å². The van der Waals surface area contributed by atoms with Crippen LogP contribution in [-0.2, 0) is 21.2 Å². The first-order chi connectivity index (χ1) is 12.7. The van der Waals surface area contributed by atoms with Gasteiger partial charge in [-0.1, -0.05) is 24.3 Å². The van der Waals surface area contributed by atoms with E-state index in [0.29, 0.717) is 25.1 Å². The molecule has 0 radical (unpaired) electrons. The summed E-state index contributed by atoms with van der Waals surface area (Å²) in [5.41, 5.74) is 2.36. The van der Waals surface area contributed by atoms with E-state index in [1.807, 2.05) is 13.0 Å². The van der Waals surface area contributed by atoms with Gasteiger partial charge in [-0.2, -0.15) is 0 Å². The van der Waals surface area contributed by atoms with E-state index in [1.54, 1.807) is 37.3 Å². The molecule has 0 saturated carbocycles. The quantitative estimate of drug-likeness (QED) is 0.702. The second kappa shape index (κ2) is 8.99. The molecular weight excluding hydrogens is 367 g/mol. The molecule has 0 bridgehead atoms. The van der Waals surface area contributed by atoms with E-state index in [9.17, 15) is 17.6 Å². The van der Waals surface area contributed by atoms with Crippen LogP contribution in [0, 0.1) is 12.7 Å². The Balaban J connectivity index is 1.97. The lowest BCUT2D eigenvalue weighted by Crippen LogP contribution is -2.48. The number of sulfonamides is 1. The lowest BCUT2D eigenvalue weighted by Gasteiger charge is -2.28. The van der Waals surface area contributed by atoms with Crippen molar-refractivity contribution in [2.24, 2.45) is 0 Å². The highest BCUT2D eigenvalue weighted by molar-refractivity contribution is 7.92. The summed E-state index contributed by atoms with van der Waals surface area (Å²) in [4.78, 5) is 12.5. The number of amides is 1. The first kappa shape index (κ1) is 20.9. The van der Waals surface area contributed by atoms with Gasteiger partial charge in [-0.25, -0.2) is 12.8 Å². The van der Waals surface area contributed by atoms with E-state index in [0.717, 1.165) is 21.7 Å². The summed E-state index contributed by atoms with van der Waals surface area (Å²) >= 11 is 0. The smallest absolute Gasteiger partial charge is 0.243 e. The Kier molecular flexibility index (Phi) is 6.96. The van der Waals surface area contributed by atoms with Gasteiger partial charge in [0.1, 0.15) is 11.9 Å². The third-order valence-electron chi connectivity index (χ3n) is 4.20. The number of aryl methyl sites for hydroxylation is 2. The Morgan fingerprint density at radius 2 is 1.85 bits per heavy atom. The molecule has 1 atom stereocenters. The molecule has 146 valence electrons. The van der Waals surface area contributed by atoms with Crippen molar-refractivity contribution >= 4 is 21.6 Å². The van der Waals surface area contributed by atoms with Gasteiger partial charge in [-0.3, -0.25) is 9.10 Å². The van der Waals surface area contributed by atoms with Gasteiger partial charge in [0.05, 0.1) is 11.9 Å². The number of hydrogen-bond donors (Lipinski definition) is 1. The molecule has 0 aliphatic carbocycles. The Labute approximate surface area is 160 Å². The molecule has 0 saturated heterocycles. The van der Waals surface area contributed by atoms with Gasteiger partial charge < -0.3 is 5.32 Å². The second-order valence-electron chi connectivity index (χ2n) is 6.59. The van der Waals surface area contributed by atoms with Crippen molar-refractivity contribution in [2.45, 2.75) is 32.7 Å². The van der Waals surface area contributed by atoms with Crippen LogP contribution in [-0.4, -0.2) is 33.2 Å². The third-order valence-corrected chi connectivity index (χ3v) is 5.44. The summed E-state index contributed by atoms with van der Waals surface area (Å²) in [5, 5.41) is 2.78. The Morgan fingerprint density at radius 1 is 1.19 bits per heavy atom. The average molecular weight is 392 g/mol. The van der Waals surface area contributed by atoms with Gasteiger partial charge in [-0.15, -0.1) is 0 Å². The van der Waals surface area contributed by atoms with Crippen LogP contribution in [0.2, 0.25) is 0 Å². The summed E-state index contributed by atoms with van der Waals surface area (Å²) in [6.45, 7) is 3.84. The Hall–Kier alpha value is -2.41. The molecule has 0 fully saturated rings. The maximum Gasteiger partial charge on any atom is 0.243 e.